The third kappa shape index (κ3) is 3.73. The van der Waals surface area contributed by atoms with E-state index in [0.717, 1.165) is 44.5 Å². The van der Waals surface area contributed by atoms with Crippen LogP contribution in [0, 0.1) is 5.92 Å². The summed E-state index contributed by atoms with van der Waals surface area (Å²) in [5.74, 6) is -0.166. The number of nitrogens with zero attached hydrogens (tertiary/aromatic N) is 1. The molecule has 1 unspecified atom stereocenters. The Morgan fingerprint density at radius 1 is 1.26 bits per heavy atom. The van der Waals surface area contributed by atoms with Gasteiger partial charge in [-0.05, 0) is 49.8 Å². The maximum Gasteiger partial charge on any atom is 0.248 e. The monoisotopic (exact) mass is 313 g/mol. The summed E-state index contributed by atoms with van der Waals surface area (Å²) in [6.07, 6.45) is 9.11. The Hall–Kier alpha value is -2.30. The minimum absolute atomic E-state index is 0.0105. The third-order valence-electron chi connectivity index (χ3n) is 4.56. The van der Waals surface area contributed by atoms with Crippen LogP contribution in [0.3, 0.4) is 0 Å². The second-order valence-corrected chi connectivity index (χ2v) is 6.31. The van der Waals surface area contributed by atoms with Gasteiger partial charge in [0, 0.05) is 25.1 Å². The zero-order chi connectivity index (χ0) is 16.2. The predicted octanol–water partition coefficient (Wildman–Crippen LogP) is 2.68. The maximum absolute atomic E-state index is 12.3. The average Bonchev–Trinajstić information content (AvgIpc) is 3.20. The predicted molar refractivity (Wildman–Crippen MR) is 91.5 cm³/mol. The molecule has 1 saturated heterocycles. The molecule has 0 aromatic heterocycles. The molecule has 23 heavy (non-hydrogen) atoms. The van der Waals surface area contributed by atoms with Crippen molar-refractivity contribution in [3.63, 3.8) is 0 Å². The lowest BCUT2D eigenvalue weighted by molar-refractivity contribution is -0.116. The lowest BCUT2D eigenvalue weighted by atomic mass is 10.0. The number of rotatable bonds is 5. The first kappa shape index (κ1) is 15.6. The first-order chi connectivity index (χ1) is 11.1. The van der Waals surface area contributed by atoms with Gasteiger partial charge in [-0.1, -0.05) is 12.2 Å². The van der Waals surface area contributed by atoms with Crippen molar-refractivity contribution in [1.82, 2.24) is 0 Å². The van der Waals surface area contributed by atoms with E-state index in [1.807, 2.05) is 6.07 Å². The van der Waals surface area contributed by atoms with Crippen molar-refractivity contribution in [2.75, 3.05) is 23.3 Å². The highest BCUT2D eigenvalue weighted by molar-refractivity contribution is 5.99. The summed E-state index contributed by atoms with van der Waals surface area (Å²) >= 11 is 0. The molecule has 2 amide bonds. The van der Waals surface area contributed by atoms with E-state index in [9.17, 15) is 9.59 Å². The zero-order valence-corrected chi connectivity index (χ0v) is 13.3. The molecular formula is C18H23N3O2. The highest BCUT2D eigenvalue weighted by atomic mass is 16.2. The van der Waals surface area contributed by atoms with Gasteiger partial charge in [0.25, 0.3) is 0 Å². The molecule has 1 aromatic carbocycles. The highest BCUT2D eigenvalue weighted by Gasteiger charge is 2.20. The number of hydrogen-bond donors (Lipinski definition) is 2. The van der Waals surface area contributed by atoms with Crippen molar-refractivity contribution < 1.29 is 9.59 Å². The second-order valence-electron chi connectivity index (χ2n) is 6.31. The summed E-state index contributed by atoms with van der Waals surface area (Å²) in [5, 5.41) is 2.99. The Bertz CT molecular complexity index is 633. The fourth-order valence-electron chi connectivity index (χ4n) is 3.33. The molecule has 1 heterocycles. The summed E-state index contributed by atoms with van der Waals surface area (Å²) in [4.78, 5) is 26.0. The molecule has 3 N–H and O–H groups in total. The standard InChI is InChI=1S/C18H23N3O2/c19-18(23)14-7-8-16(21-9-3-4-10-21)15(12-14)20-17(22)11-13-5-1-2-6-13/h1,5,7-8,12-13H,2-4,6,9-11H2,(H2,19,23)(H,20,22). The van der Waals surface area contributed by atoms with Crippen LogP contribution in [0.4, 0.5) is 11.4 Å². The topological polar surface area (TPSA) is 75.4 Å². The van der Waals surface area contributed by atoms with Gasteiger partial charge in [-0.15, -0.1) is 0 Å². The van der Waals surface area contributed by atoms with Gasteiger partial charge < -0.3 is 16.0 Å². The molecular weight excluding hydrogens is 290 g/mol. The van der Waals surface area contributed by atoms with Crippen LogP contribution in [0.2, 0.25) is 0 Å². The van der Waals surface area contributed by atoms with Crippen LogP contribution in [0.15, 0.2) is 30.4 Å². The van der Waals surface area contributed by atoms with Crippen LogP contribution in [-0.2, 0) is 4.79 Å². The van der Waals surface area contributed by atoms with Crippen molar-refractivity contribution in [3.8, 4) is 0 Å². The van der Waals surface area contributed by atoms with Crippen LogP contribution in [-0.4, -0.2) is 24.9 Å². The first-order valence-electron chi connectivity index (χ1n) is 8.29. The molecule has 0 bridgehead atoms. The number of nitrogens with one attached hydrogen (secondary N) is 1. The van der Waals surface area contributed by atoms with Crippen molar-refractivity contribution >= 4 is 23.2 Å². The molecule has 1 aliphatic heterocycles. The van der Waals surface area contributed by atoms with Crippen molar-refractivity contribution in [2.45, 2.75) is 32.1 Å². The smallest absolute Gasteiger partial charge is 0.248 e. The molecule has 5 heteroatoms. The molecule has 0 saturated carbocycles. The van der Waals surface area contributed by atoms with E-state index in [0.29, 0.717) is 23.6 Å². The SMILES string of the molecule is NC(=O)c1ccc(N2CCCC2)c(NC(=O)CC2C=CCC2)c1. The van der Waals surface area contributed by atoms with Crippen molar-refractivity contribution in [3.05, 3.63) is 35.9 Å². The summed E-state index contributed by atoms with van der Waals surface area (Å²) in [6.45, 7) is 1.95. The summed E-state index contributed by atoms with van der Waals surface area (Å²) in [5.41, 5.74) is 7.46. The quantitative estimate of drug-likeness (QED) is 0.821. The fraction of sp³-hybridized carbons (Fsp3) is 0.444. The summed E-state index contributed by atoms with van der Waals surface area (Å²) in [6, 6.07) is 5.31. The van der Waals surface area contributed by atoms with E-state index in [2.05, 4.69) is 22.4 Å². The molecule has 1 aliphatic carbocycles. The van der Waals surface area contributed by atoms with Crippen LogP contribution < -0.4 is 16.0 Å². The van der Waals surface area contributed by atoms with E-state index in [1.54, 1.807) is 12.1 Å². The van der Waals surface area contributed by atoms with Crippen LogP contribution in [0.5, 0.6) is 0 Å². The summed E-state index contributed by atoms with van der Waals surface area (Å²) in [7, 11) is 0. The number of amides is 2. The number of primary amides is 1. The maximum atomic E-state index is 12.3. The Balaban J connectivity index is 1.79. The highest BCUT2D eigenvalue weighted by Crippen LogP contribution is 2.31. The van der Waals surface area contributed by atoms with Gasteiger partial charge in [-0.25, -0.2) is 0 Å². The van der Waals surface area contributed by atoms with E-state index >= 15 is 0 Å². The molecule has 1 aromatic rings. The zero-order valence-electron chi connectivity index (χ0n) is 13.3. The number of carbonyl (C=O) groups is 2. The fourth-order valence-corrected chi connectivity index (χ4v) is 3.33. The molecule has 5 nitrogen and oxygen atoms in total. The molecule has 122 valence electrons. The van der Waals surface area contributed by atoms with Crippen LogP contribution in [0.1, 0.15) is 42.5 Å². The number of benzene rings is 1. The third-order valence-corrected chi connectivity index (χ3v) is 4.56. The Labute approximate surface area is 136 Å². The lowest BCUT2D eigenvalue weighted by Crippen LogP contribution is -2.22. The van der Waals surface area contributed by atoms with Crippen LogP contribution >= 0.6 is 0 Å². The van der Waals surface area contributed by atoms with Gasteiger partial charge in [-0.3, -0.25) is 9.59 Å². The normalized spacial score (nSPS) is 20.0. The van der Waals surface area contributed by atoms with E-state index < -0.39 is 5.91 Å². The van der Waals surface area contributed by atoms with Gasteiger partial charge in [0.15, 0.2) is 0 Å². The van der Waals surface area contributed by atoms with E-state index in [-0.39, 0.29) is 5.91 Å². The number of nitrogens with two attached hydrogens (primary N) is 1. The van der Waals surface area contributed by atoms with Gasteiger partial charge in [0.05, 0.1) is 11.4 Å². The van der Waals surface area contributed by atoms with Gasteiger partial charge in [0.2, 0.25) is 11.8 Å². The molecule has 1 fully saturated rings. The average molecular weight is 313 g/mol. The number of anilines is 2. The molecule has 2 aliphatic rings. The Kier molecular flexibility index (Phi) is 4.65. The van der Waals surface area contributed by atoms with Gasteiger partial charge in [-0.2, -0.15) is 0 Å². The number of allylic oxidation sites excluding steroid dienone is 2. The van der Waals surface area contributed by atoms with Gasteiger partial charge >= 0.3 is 0 Å². The Morgan fingerprint density at radius 2 is 2.04 bits per heavy atom. The van der Waals surface area contributed by atoms with E-state index in [4.69, 9.17) is 5.73 Å². The van der Waals surface area contributed by atoms with Crippen molar-refractivity contribution in [1.29, 1.82) is 0 Å². The van der Waals surface area contributed by atoms with E-state index in [1.165, 1.54) is 0 Å². The number of carbonyl (C=O) groups excluding carboxylic acids is 2. The summed E-state index contributed by atoms with van der Waals surface area (Å²) < 4.78 is 0. The minimum atomic E-state index is -0.479. The Morgan fingerprint density at radius 3 is 2.70 bits per heavy atom. The molecule has 0 spiro atoms. The molecule has 0 radical (unpaired) electrons. The minimum Gasteiger partial charge on any atom is -0.370 e. The molecule has 3 rings (SSSR count). The molecule has 1 atom stereocenters. The first-order valence-corrected chi connectivity index (χ1v) is 8.29. The van der Waals surface area contributed by atoms with Crippen molar-refractivity contribution in [2.24, 2.45) is 11.7 Å². The lowest BCUT2D eigenvalue weighted by Gasteiger charge is -2.22. The van der Waals surface area contributed by atoms with Gasteiger partial charge in [0.1, 0.15) is 0 Å². The second kappa shape index (κ2) is 6.86. The van der Waals surface area contributed by atoms with Crippen LogP contribution in [0.25, 0.3) is 0 Å². The largest absolute Gasteiger partial charge is 0.370 e. The number of hydrogen-bond acceptors (Lipinski definition) is 3.